The zero-order valence-corrected chi connectivity index (χ0v) is 15.4. The summed E-state index contributed by atoms with van der Waals surface area (Å²) in [4.78, 5) is 11.7. The van der Waals surface area contributed by atoms with Crippen LogP contribution in [0.1, 0.15) is 22.8 Å². The number of carboxylic acid groups (broad SMARTS) is 1. The average molecular weight is 376 g/mol. The third-order valence-electron chi connectivity index (χ3n) is 4.55. The van der Waals surface area contributed by atoms with Crippen molar-refractivity contribution in [2.75, 3.05) is 0 Å². The lowest BCUT2D eigenvalue weighted by molar-refractivity contribution is -0.151. The first-order valence-corrected chi connectivity index (χ1v) is 9.03. The molecule has 3 aromatic carbocycles. The van der Waals surface area contributed by atoms with Gasteiger partial charge in [0.05, 0.1) is 0 Å². The van der Waals surface area contributed by atoms with Crippen LogP contribution in [0, 0.1) is 6.92 Å². The number of aliphatic carboxylic acids is 1. The maximum absolute atomic E-state index is 11.7. The van der Waals surface area contributed by atoms with Crippen LogP contribution in [-0.2, 0) is 11.4 Å². The molecule has 1 N–H and O–H groups in total. The van der Waals surface area contributed by atoms with Crippen LogP contribution in [0.5, 0.6) is 17.2 Å². The minimum Gasteiger partial charge on any atom is -0.489 e. The summed E-state index contributed by atoms with van der Waals surface area (Å²) in [5.41, 5.74) is 2.93. The van der Waals surface area contributed by atoms with E-state index in [0.717, 1.165) is 5.56 Å². The Kier molecular flexibility index (Phi) is 4.89. The van der Waals surface area contributed by atoms with Gasteiger partial charge >= 0.3 is 5.97 Å². The van der Waals surface area contributed by atoms with Gasteiger partial charge in [0, 0.05) is 5.56 Å². The van der Waals surface area contributed by atoms with Gasteiger partial charge in [0.1, 0.15) is 12.4 Å². The second kappa shape index (κ2) is 7.64. The van der Waals surface area contributed by atoms with Gasteiger partial charge in [-0.15, -0.1) is 0 Å². The lowest BCUT2D eigenvalue weighted by Crippen LogP contribution is -2.39. The molecule has 2 atom stereocenters. The largest absolute Gasteiger partial charge is 0.489 e. The van der Waals surface area contributed by atoms with Crippen molar-refractivity contribution in [3.8, 4) is 17.2 Å². The van der Waals surface area contributed by atoms with Gasteiger partial charge in [-0.3, -0.25) is 0 Å². The Labute approximate surface area is 163 Å². The Bertz CT molecular complexity index is 998. The van der Waals surface area contributed by atoms with E-state index >= 15 is 0 Å². The predicted molar refractivity (Wildman–Crippen MR) is 104 cm³/mol. The van der Waals surface area contributed by atoms with Crippen molar-refractivity contribution in [2.45, 2.75) is 25.7 Å². The number of ether oxygens (including phenoxy) is 3. The third kappa shape index (κ3) is 3.78. The molecule has 1 aliphatic heterocycles. The van der Waals surface area contributed by atoms with Crippen molar-refractivity contribution in [3.63, 3.8) is 0 Å². The minimum absolute atomic E-state index is 0.429. The Morgan fingerprint density at radius 1 is 0.964 bits per heavy atom. The summed E-state index contributed by atoms with van der Waals surface area (Å²) in [7, 11) is 0. The first kappa shape index (κ1) is 17.9. The van der Waals surface area contributed by atoms with Crippen LogP contribution in [0.4, 0.5) is 0 Å². The molecule has 0 bridgehead atoms. The predicted octanol–water partition coefficient (Wildman–Crippen LogP) is 4.54. The van der Waals surface area contributed by atoms with E-state index in [-0.39, 0.29) is 0 Å². The molecule has 1 aliphatic rings. The fourth-order valence-corrected chi connectivity index (χ4v) is 3.21. The Balaban J connectivity index is 1.56. The molecule has 0 spiro atoms. The maximum atomic E-state index is 11.7. The lowest BCUT2D eigenvalue weighted by atomic mass is 10.0. The zero-order chi connectivity index (χ0) is 19.5. The first-order valence-electron chi connectivity index (χ1n) is 9.03. The van der Waals surface area contributed by atoms with Crippen LogP contribution in [0.2, 0.25) is 0 Å². The SMILES string of the molecule is Cc1cccc(COc2cccc(C3Oc4ccccc4OC3C(=O)O)c2)c1. The Morgan fingerprint density at radius 2 is 1.71 bits per heavy atom. The fraction of sp³-hybridized carbons (Fsp3) is 0.174. The summed E-state index contributed by atoms with van der Waals surface area (Å²) in [6, 6.07) is 22.4. The summed E-state index contributed by atoms with van der Waals surface area (Å²) < 4.78 is 17.5. The van der Waals surface area contributed by atoms with Gasteiger partial charge in [0.25, 0.3) is 0 Å². The van der Waals surface area contributed by atoms with E-state index in [1.807, 2.05) is 49.4 Å². The molecule has 4 rings (SSSR count). The highest BCUT2D eigenvalue weighted by Crippen LogP contribution is 2.39. The second-order valence-corrected chi connectivity index (χ2v) is 6.71. The van der Waals surface area contributed by atoms with Crippen LogP contribution in [-0.4, -0.2) is 17.2 Å². The van der Waals surface area contributed by atoms with Crippen LogP contribution in [0.25, 0.3) is 0 Å². The molecule has 0 radical (unpaired) electrons. The van der Waals surface area contributed by atoms with Crippen LogP contribution < -0.4 is 14.2 Å². The molecule has 0 saturated heterocycles. The quantitative estimate of drug-likeness (QED) is 0.708. The summed E-state index contributed by atoms with van der Waals surface area (Å²) in [5.74, 6) is 0.519. The highest BCUT2D eigenvalue weighted by atomic mass is 16.6. The standard InChI is InChI=1S/C23H20O5/c1-15-6-4-7-16(12-15)14-26-18-9-5-8-17(13-18)21-22(23(24)25)28-20-11-3-2-10-19(20)27-21/h2-13,21-22H,14H2,1H3,(H,24,25). The second-order valence-electron chi connectivity index (χ2n) is 6.71. The minimum atomic E-state index is -1.14. The Morgan fingerprint density at radius 3 is 2.46 bits per heavy atom. The van der Waals surface area contributed by atoms with E-state index < -0.39 is 18.2 Å². The highest BCUT2D eigenvalue weighted by molar-refractivity contribution is 5.75. The van der Waals surface area contributed by atoms with Crippen molar-refractivity contribution in [3.05, 3.63) is 89.5 Å². The molecule has 0 aliphatic carbocycles. The van der Waals surface area contributed by atoms with Crippen LogP contribution in [0.15, 0.2) is 72.8 Å². The summed E-state index contributed by atoms with van der Waals surface area (Å²) in [6.45, 7) is 2.47. The van der Waals surface area contributed by atoms with Crippen molar-refractivity contribution < 1.29 is 24.1 Å². The van der Waals surface area contributed by atoms with E-state index in [1.165, 1.54) is 5.56 Å². The molecule has 5 heteroatoms. The van der Waals surface area contributed by atoms with E-state index in [0.29, 0.717) is 29.4 Å². The highest BCUT2D eigenvalue weighted by Gasteiger charge is 2.38. The van der Waals surface area contributed by atoms with Gasteiger partial charge in [-0.25, -0.2) is 4.79 Å². The average Bonchev–Trinajstić information content (AvgIpc) is 2.71. The van der Waals surface area contributed by atoms with Gasteiger partial charge in [-0.2, -0.15) is 0 Å². The number of hydrogen-bond donors (Lipinski definition) is 1. The van der Waals surface area contributed by atoms with E-state index in [1.54, 1.807) is 24.3 Å². The summed E-state index contributed by atoms with van der Waals surface area (Å²) in [6.07, 6.45) is -1.91. The van der Waals surface area contributed by atoms with Gasteiger partial charge in [-0.1, -0.05) is 54.1 Å². The summed E-state index contributed by atoms with van der Waals surface area (Å²) in [5, 5.41) is 9.61. The van der Waals surface area contributed by atoms with Gasteiger partial charge < -0.3 is 19.3 Å². The lowest BCUT2D eigenvalue weighted by Gasteiger charge is -2.32. The smallest absolute Gasteiger partial charge is 0.349 e. The molecule has 5 nitrogen and oxygen atoms in total. The molecular weight excluding hydrogens is 356 g/mol. The van der Waals surface area contributed by atoms with Crippen molar-refractivity contribution in [1.82, 2.24) is 0 Å². The molecule has 142 valence electrons. The zero-order valence-electron chi connectivity index (χ0n) is 15.4. The number of para-hydroxylation sites is 2. The molecule has 28 heavy (non-hydrogen) atoms. The molecule has 2 unspecified atom stereocenters. The van der Waals surface area contributed by atoms with E-state index in [2.05, 4.69) is 6.07 Å². The number of carboxylic acids is 1. The van der Waals surface area contributed by atoms with Gasteiger partial charge in [0.2, 0.25) is 6.10 Å². The van der Waals surface area contributed by atoms with Crippen molar-refractivity contribution in [2.24, 2.45) is 0 Å². The Hall–Kier alpha value is -3.47. The van der Waals surface area contributed by atoms with Crippen molar-refractivity contribution >= 4 is 5.97 Å². The summed E-state index contributed by atoms with van der Waals surface area (Å²) >= 11 is 0. The molecule has 0 fully saturated rings. The number of benzene rings is 3. The van der Waals surface area contributed by atoms with E-state index in [9.17, 15) is 9.90 Å². The molecule has 0 saturated carbocycles. The first-order chi connectivity index (χ1) is 13.6. The molecule has 3 aromatic rings. The normalized spacial score (nSPS) is 17.8. The number of aryl methyl sites for hydroxylation is 1. The maximum Gasteiger partial charge on any atom is 0.349 e. The van der Waals surface area contributed by atoms with Crippen molar-refractivity contribution in [1.29, 1.82) is 0 Å². The number of carbonyl (C=O) groups is 1. The fourth-order valence-electron chi connectivity index (χ4n) is 3.21. The molecule has 0 amide bonds. The topological polar surface area (TPSA) is 65.0 Å². The van der Waals surface area contributed by atoms with Crippen LogP contribution in [0.3, 0.4) is 0 Å². The third-order valence-corrected chi connectivity index (χ3v) is 4.55. The van der Waals surface area contributed by atoms with Crippen LogP contribution >= 0.6 is 0 Å². The number of hydrogen-bond acceptors (Lipinski definition) is 4. The van der Waals surface area contributed by atoms with Gasteiger partial charge in [-0.05, 0) is 36.8 Å². The van der Waals surface area contributed by atoms with E-state index in [4.69, 9.17) is 14.2 Å². The number of fused-ring (bicyclic) bond motifs is 1. The number of rotatable bonds is 5. The molecular formula is C23H20O5. The van der Waals surface area contributed by atoms with Gasteiger partial charge in [0.15, 0.2) is 17.6 Å². The molecule has 1 heterocycles. The monoisotopic (exact) mass is 376 g/mol. The molecule has 0 aromatic heterocycles.